The van der Waals surface area contributed by atoms with Crippen molar-refractivity contribution in [3.63, 3.8) is 0 Å². The Kier molecular flexibility index (Phi) is 5.34. The fraction of sp³-hybridized carbons (Fsp3) is 0.227. The number of carbonyl (C=O) groups excluding carboxylic acids is 1. The average Bonchev–Trinajstić information content (AvgIpc) is 3.64. The lowest BCUT2D eigenvalue weighted by molar-refractivity contribution is -0.142. The molecule has 1 aromatic carbocycles. The molecule has 0 radical (unpaired) electrons. The number of amides is 1. The molecular formula is C22H16F3N7O3S. The predicted octanol–water partition coefficient (Wildman–Crippen LogP) is 4.10. The minimum Gasteiger partial charge on any atom is -0.378 e. The van der Waals surface area contributed by atoms with Gasteiger partial charge < -0.3 is 15.0 Å². The van der Waals surface area contributed by atoms with Crippen LogP contribution in [0.25, 0.3) is 27.3 Å². The summed E-state index contributed by atoms with van der Waals surface area (Å²) in [7, 11) is 0. The van der Waals surface area contributed by atoms with Gasteiger partial charge in [0.2, 0.25) is 0 Å². The first-order chi connectivity index (χ1) is 17.4. The quantitative estimate of drug-likeness (QED) is 0.381. The molecule has 0 bridgehead atoms. The third kappa shape index (κ3) is 3.93. The average molecular weight is 515 g/mol. The van der Waals surface area contributed by atoms with E-state index in [1.54, 1.807) is 29.6 Å². The van der Waals surface area contributed by atoms with Gasteiger partial charge in [-0.3, -0.25) is 4.79 Å². The lowest BCUT2D eigenvalue weighted by Crippen LogP contribution is -2.36. The van der Waals surface area contributed by atoms with Gasteiger partial charge in [0, 0.05) is 19.2 Å². The maximum atomic E-state index is 13.8. The third-order valence-electron chi connectivity index (χ3n) is 5.72. The number of rotatable bonds is 4. The van der Waals surface area contributed by atoms with Gasteiger partial charge in [0.15, 0.2) is 28.1 Å². The number of hydrogen-bond donors (Lipinski definition) is 1. The van der Waals surface area contributed by atoms with Gasteiger partial charge >= 0.3 is 6.18 Å². The summed E-state index contributed by atoms with van der Waals surface area (Å²) < 4.78 is 52.3. The van der Waals surface area contributed by atoms with Crippen LogP contribution in [0.5, 0.6) is 0 Å². The van der Waals surface area contributed by atoms with Crippen LogP contribution in [0.2, 0.25) is 0 Å². The van der Waals surface area contributed by atoms with Crippen molar-refractivity contribution in [2.45, 2.75) is 6.18 Å². The Morgan fingerprint density at radius 3 is 2.64 bits per heavy atom. The van der Waals surface area contributed by atoms with Crippen LogP contribution in [0.4, 0.5) is 24.5 Å². The summed E-state index contributed by atoms with van der Waals surface area (Å²) in [4.78, 5) is 19.9. The smallest absolute Gasteiger partial charge is 0.378 e. The first kappa shape index (κ1) is 22.4. The molecule has 1 aliphatic heterocycles. The topological polar surface area (TPSA) is 111 Å². The minimum absolute atomic E-state index is 0.103. The number of fused-ring (bicyclic) bond motifs is 2. The molecule has 6 rings (SSSR count). The zero-order chi connectivity index (χ0) is 24.9. The SMILES string of the molecule is O=C(Nc1ccc(N2CCOCC2)c2nonc12)c1cc2nc(-c3cccs3)cc(C(F)(F)F)n2n1. The Morgan fingerprint density at radius 1 is 1.08 bits per heavy atom. The van der Waals surface area contributed by atoms with Crippen molar-refractivity contribution < 1.29 is 27.3 Å². The number of ether oxygens (including phenoxy) is 1. The molecule has 36 heavy (non-hydrogen) atoms. The van der Waals surface area contributed by atoms with Crippen LogP contribution in [0.3, 0.4) is 0 Å². The van der Waals surface area contributed by atoms with E-state index in [-0.39, 0.29) is 22.7 Å². The van der Waals surface area contributed by atoms with Gasteiger partial charge in [0.1, 0.15) is 0 Å². The molecule has 184 valence electrons. The lowest BCUT2D eigenvalue weighted by Gasteiger charge is -2.28. The van der Waals surface area contributed by atoms with Crippen LogP contribution in [-0.4, -0.2) is 57.1 Å². The number of halogens is 3. The van der Waals surface area contributed by atoms with Crippen LogP contribution in [0, 0.1) is 0 Å². The van der Waals surface area contributed by atoms with Crippen molar-refractivity contribution in [3.05, 3.63) is 53.2 Å². The molecule has 1 fully saturated rings. The number of nitrogens with zero attached hydrogens (tertiary/aromatic N) is 6. The molecule has 5 aromatic rings. The van der Waals surface area contributed by atoms with Crippen molar-refractivity contribution in [1.29, 1.82) is 0 Å². The Hall–Kier alpha value is -4.04. The molecule has 1 aliphatic rings. The normalized spacial score (nSPS) is 14.6. The molecule has 4 aromatic heterocycles. The Labute approximate surface area is 204 Å². The number of aromatic nitrogens is 5. The highest BCUT2D eigenvalue weighted by molar-refractivity contribution is 7.13. The van der Waals surface area contributed by atoms with Gasteiger partial charge in [-0.15, -0.1) is 11.3 Å². The predicted molar refractivity (Wildman–Crippen MR) is 124 cm³/mol. The zero-order valence-corrected chi connectivity index (χ0v) is 19.1. The molecule has 0 spiro atoms. The summed E-state index contributed by atoms with van der Waals surface area (Å²) >= 11 is 1.26. The number of hydrogen-bond acceptors (Lipinski definition) is 9. The highest BCUT2D eigenvalue weighted by Crippen LogP contribution is 2.34. The van der Waals surface area contributed by atoms with Crippen molar-refractivity contribution in [2.24, 2.45) is 0 Å². The standard InChI is InChI=1S/C22H16F3N7O3S/c23-22(24,25)17-10-13(16-2-1-9-36-16)26-18-11-14(28-32(17)18)21(33)27-12-3-4-15(20-19(12)29-35-30-20)31-5-7-34-8-6-31/h1-4,9-11H,5-8H2,(H,27,33). The van der Waals surface area contributed by atoms with E-state index in [4.69, 9.17) is 9.37 Å². The fourth-order valence-electron chi connectivity index (χ4n) is 4.04. The second-order valence-electron chi connectivity index (χ2n) is 7.95. The molecule has 5 heterocycles. The van der Waals surface area contributed by atoms with Gasteiger partial charge in [-0.2, -0.15) is 18.3 Å². The maximum absolute atomic E-state index is 13.8. The van der Waals surface area contributed by atoms with Crippen LogP contribution in [-0.2, 0) is 10.9 Å². The van der Waals surface area contributed by atoms with Gasteiger partial charge in [0.05, 0.1) is 35.2 Å². The fourth-order valence-corrected chi connectivity index (χ4v) is 4.72. The summed E-state index contributed by atoms with van der Waals surface area (Å²) in [6.07, 6.45) is -4.71. The van der Waals surface area contributed by atoms with E-state index in [0.29, 0.717) is 46.7 Å². The van der Waals surface area contributed by atoms with Gasteiger partial charge in [-0.25, -0.2) is 14.1 Å². The molecule has 1 saturated heterocycles. The van der Waals surface area contributed by atoms with E-state index in [9.17, 15) is 18.0 Å². The Morgan fingerprint density at radius 2 is 1.89 bits per heavy atom. The van der Waals surface area contributed by atoms with E-state index in [0.717, 1.165) is 11.8 Å². The molecule has 10 nitrogen and oxygen atoms in total. The first-order valence-corrected chi connectivity index (χ1v) is 11.7. The van der Waals surface area contributed by atoms with E-state index in [1.165, 1.54) is 17.4 Å². The summed E-state index contributed by atoms with van der Waals surface area (Å²) in [5.41, 5.74) is 0.594. The van der Waals surface area contributed by atoms with Gasteiger partial charge in [-0.1, -0.05) is 6.07 Å². The molecular weight excluding hydrogens is 499 g/mol. The van der Waals surface area contributed by atoms with Gasteiger partial charge in [0.25, 0.3) is 5.91 Å². The molecule has 0 aliphatic carbocycles. The highest BCUT2D eigenvalue weighted by Gasteiger charge is 2.36. The zero-order valence-electron chi connectivity index (χ0n) is 18.3. The second kappa shape index (κ2) is 8.57. The van der Waals surface area contributed by atoms with Crippen LogP contribution in [0.15, 0.2) is 46.4 Å². The summed E-state index contributed by atoms with van der Waals surface area (Å²) in [5.74, 6) is -0.727. The number of carbonyl (C=O) groups is 1. The molecule has 1 N–H and O–H groups in total. The number of anilines is 2. The molecule has 0 atom stereocenters. The van der Waals surface area contributed by atoms with Crippen molar-refractivity contribution in [3.8, 4) is 10.6 Å². The molecule has 0 saturated carbocycles. The number of morpholine rings is 1. The minimum atomic E-state index is -4.71. The molecule has 1 amide bonds. The van der Waals surface area contributed by atoms with E-state index in [2.05, 4.69) is 30.6 Å². The van der Waals surface area contributed by atoms with Crippen LogP contribution in [0.1, 0.15) is 16.2 Å². The van der Waals surface area contributed by atoms with E-state index >= 15 is 0 Å². The summed E-state index contributed by atoms with van der Waals surface area (Å²) in [5, 5.41) is 16.2. The van der Waals surface area contributed by atoms with Crippen molar-refractivity contribution >= 4 is 45.3 Å². The lowest BCUT2D eigenvalue weighted by atomic mass is 10.2. The van der Waals surface area contributed by atoms with E-state index < -0.39 is 17.8 Å². The van der Waals surface area contributed by atoms with Crippen LogP contribution >= 0.6 is 11.3 Å². The molecule has 14 heteroatoms. The monoisotopic (exact) mass is 515 g/mol. The maximum Gasteiger partial charge on any atom is 0.433 e. The van der Waals surface area contributed by atoms with Crippen molar-refractivity contribution in [1.82, 2.24) is 24.9 Å². The summed E-state index contributed by atoms with van der Waals surface area (Å²) in [6.45, 7) is 2.47. The van der Waals surface area contributed by atoms with Gasteiger partial charge in [-0.05, 0) is 40.0 Å². The first-order valence-electron chi connectivity index (χ1n) is 10.8. The number of thiophene rings is 1. The largest absolute Gasteiger partial charge is 0.433 e. The number of nitrogens with one attached hydrogen (secondary N) is 1. The second-order valence-corrected chi connectivity index (χ2v) is 8.90. The van der Waals surface area contributed by atoms with Crippen LogP contribution < -0.4 is 10.2 Å². The highest BCUT2D eigenvalue weighted by atomic mass is 32.1. The molecule has 0 unspecified atom stereocenters. The summed E-state index contributed by atoms with van der Waals surface area (Å²) in [6, 6.07) is 8.93. The number of alkyl halides is 3. The van der Waals surface area contributed by atoms with Crippen molar-refractivity contribution in [2.75, 3.05) is 36.5 Å². The van der Waals surface area contributed by atoms with E-state index in [1.807, 2.05) is 0 Å². The number of benzene rings is 1. The Bertz CT molecular complexity index is 1570. The third-order valence-corrected chi connectivity index (χ3v) is 6.61. The Balaban J connectivity index is 1.35.